The predicted molar refractivity (Wildman–Crippen MR) is 302 cm³/mol. The molecule has 4 rings (SSSR count). The summed E-state index contributed by atoms with van der Waals surface area (Å²) in [7, 11) is 3.34. The van der Waals surface area contributed by atoms with Crippen LogP contribution in [0.1, 0.15) is 152 Å². The van der Waals surface area contributed by atoms with Crippen LogP contribution in [0.2, 0.25) is 0 Å². The second kappa shape index (κ2) is 49.9. The van der Waals surface area contributed by atoms with Crippen LogP contribution < -0.4 is 49.5 Å². The third-order valence-corrected chi connectivity index (χ3v) is 11.5. The quantitative estimate of drug-likeness (QED) is 0.0640. The molecule has 484 valence electrons. The van der Waals surface area contributed by atoms with E-state index in [-0.39, 0.29) is 48.8 Å². The van der Waals surface area contributed by atoms with Gasteiger partial charge in [0.2, 0.25) is 11.8 Å². The maximum absolute atomic E-state index is 11.1. The summed E-state index contributed by atoms with van der Waals surface area (Å²) in [5, 5.41) is 88.7. The molecule has 0 radical (unpaired) electrons. The Bertz CT molecular complexity index is 1840. The molecule has 4 fully saturated rings. The van der Waals surface area contributed by atoms with Gasteiger partial charge in [-0.3, -0.25) is 47.9 Å². The standard InChI is InChI=1S/C8H14N2O5.2C7H15NO2.C6H13NO2.C6H10O2.C5H7NO3.2C5H9NO2.C3H7NO2/c1-4(7(12)13)15-8(14)5(9)2-3-6(10)11;2*1-5(2)4-6(8-3)7(9)10;1-4(2)3-5(7)6(8)9;7-6(8)5-3-1-2-4-5;7-4-2-1-3(6-4)5(8)9;2*7-5(8)4-2-1-3-6-4;1-2(4)3(5)6/h4-5H,2-3,9H2,1H3,(H2,10,11)(H,12,13);2*5-6,8H,4H2,1-3H3,(H,9,10);4-5H,3,7H2,1-2H3,(H,8,9);5H,1-4H2,(H,7,8);3H,1-2H2,(H,6,7)(H,8,9);2*4,6H,1-3H2,(H,7,8);2H,4H2,1H3,(H,5,6)/t4-,5-;2*6-;5-;;3-;2*4-;/m0000.000./s1. The highest BCUT2D eigenvalue weighted by Crippen LogP contribution is 2.24. The van der Waals surface area contributed by atoms with Crippen molar-refractivity contribution in [1.29, 1.82) is 0 Å². The van der Waals surface area contributed by atoms with Crippen LogP contribution in [0.3, 0.4) is 0 Å². The minimum Gasteiger partial charge on any atom is -0.481 e. The summed E-state index contributed by atoms with van der Waals surface area (Å²) < 4.78 is 4.49. The Labute approximate surface area is 485 Å². The van der Waals surface area contributed by atoms with E-state index >= 15 is 0 Å². The molecule has 3 saturated heterocycles. The van der Waals surface area contributed by atoms with Crippen molar-refractivity contribution in [3.05, 3.63) is 0 Å². The van der Waals surface area contributed by atoms with Gasteiger partial charge in [-0.15, -0.1) is 0 Å². The van der Waals surface area contributed by atoms with Crippen molar-refractivity contribution < 1.29 is 108 Å². The lowest BCUT2D eigenvalue weighted by atomic mass is 10.0. The van der Waals surface area contributed by atoms with Gasteiger partial charge in [-0.2, -0.15) is 0 Å². The van der Waals surface area contributed by atoms with Crippen molar-refractivity contribution in [2.24, 2.45) is 46.6 Å². The average Bonchev–Trinajstić information content (AvgIpc) is 4.25. The van der Waals surface area contributed by atoms with Crippen LogP contribution in [0.25, 0.3) is 0 Å². The molecule has 31 nitrogen and oxygen atoms in total. The van der Waals surface area contributed by atoms with E-state index in [1.165, 1.54) is 13.8 Å². The van der Waals surface area contributed by atoms with Crippen molar-refractivity contribution in [2.75, 3.05) is 27.2 Å². The topological polar surface area (TPSA) is 560 Å². The number of amides is 2. The number of aliphatic carboxylic acids is 9. The molecule has 0 bridgehead atoms. The maximum atomic E-state index is 11.1. The van der Waals surface area contributed by atoms with Gasteiger partial charge in [0.05, 0.1) is 5.92 Å². The number of hydrogen-bond donors (Lipinski definition) is 18. The Hall–Kier alpha value is -6.64. The lowest BCUT2D eigenvalue weighted by Gasteiger charge is -2.13. The molecular formula is C52H99N9O22. The van der Waals surface area contributed by atoms with E-state index < -0.39 is 95.9 Å². The van der Waals surface area contributed by atoms with Crippen molar-refractivity contribution in [3.63, 3.8) is 0 Å². The molecule has 1 saturated carbocycles. The van der Waals surface area contributed by atoms with Crippen molar-refractivity contribution in [3.8, 4) is 0 Å². The molecule has 83 heavy (non-hydrogen) atoms. The van der Waals surface area contributed by atoms with Gasteiger partial charge in [-0.05, 0) is 129 Å². The molecule has 0 aromatic rings. The summed E-state index contributed by atoms with van der Waals surface area (Å²) in [5.41, 5.74) is 20.2. The molecule has 0 aromatic carbocycles. The third-order valence-electron chi connectivity index (χ3n) is 11.5. The summed E-state index contributed by atoms with van der Waals surface area (Å²) in [6.07, 6.45) is 9.02. The fourth-order valence-corrected chi connectivity index (χ4v) is 6.73. The molecule has 3 aliphatic heterocycles. The third kappa shape index (κ3) is 51.9. The van der Waals surface area contributed by atoms with Crippen molar-refractivity contribution >= 4 is 71.5 Å². The minimum atomic E-state index is -1.26. The number of carbonyl (C=O) groups is 12. The summed E-state index contributed by atoms with van der Waals surface area (Å²) in [4.78, 5) is 123. The fourth-order valence-electron chi connectivity index (χ4n) is 6.73. The van der Waals surface area contributed by atoms with Crippen molar-refractivity contribution in [1.82, 2.24) is 26.6 Å². The molecule has 2 amide bonds. The number of hydrogen-bond acceptors (Lipinski definition) is 20. The van der Waals surface area contributed by atoms with Crippen LogP contribution >= 0.6 is 0 Å². The van der Waals surface area contributed by atoms with Crippen LogP contribution in [-0.2, 0) is 62.3 Å². The zero-order valence-electron chi connectivity index (χ0n) is 49.7. The Morgan fingerprint density at radius 2 is 0.904 bits per heavy atom. The van der Waals surface area contributed by atoms with Crippen LogP contribution in [0.4, 0.5) is 0 Å². The molecule has 1 aliphatic carbocycles. The highest BCUT2D eigenvalue weighted by Gasteiger charge is 2.27. The van der Waals surface area contributed by atoms with E-state index in [4.69, 9.17) is 68.9 Å². The highest BCUT2D eigenvalue weighted by molar-refractivity contribution is 5.87. The van der Waals surface area contributed by atoms with Gasteiger partial charge in [-0.1, -0.05) is 54.4 Å². The lowest BCUT2D eigenvalue weighted by Crippen LogP contribution is -2.37. The number of primary amides is 1. The van der Waals surface area contributed by atoms with Gasteiger partial charge in [0, 0.05) is 12.8 Å². The molecule has 0 aromatic heterocycles. The second-order valence-electron chi connectivity index (χ2n) is 20.6. The Morgan fingerprint density at radius 3 is 1.07 bits per heavy atom. The molecular weight excluding hydrogens is 1100 g/mol. The van der Waals surface area contributed by atoms with Gasteiger partial charge >= 0.3 is 59.7 Å². The summed E-state index contributed by atoms with van der Waals surface area (Å²) in [6.45, 7) is 16.3. The monoisotopic (exact) mass is 1200 g/mol. The van der Waals surface area contributed by atoms with E-state index in [1.54, 1.807) is 14.1 Å². The SMILES string of the molecule is CC(C)C[C@H](N)C(=O)O.CC(N)C(=O)O.CN[C@@H](CC(C)C)C(=O)O.CN[C@@H](CC(C)C)C(=O)O.C[C@H](OC(=O)[C@@H](N)CCC(N)=O)C(=O)O.O=C(O)C1CCCC1.O=C(O)[C@@H]1CCCN1.O=C(O)[C@@H]1CCCN1.O=C1CC[C@@H](C(=O)O)N1. The summed E-state index contributed by atoms with van der Waals surface area (Å²) in [6, 6.07) is -4.41. The largest absolute Gasteiger partial charge is 0.481 e. The van der Waals surface area contributed by atoms with Crippen LogP contribution in [0, 0.1) is 23.7 Å². The van der Waals surface area contributed by atoms with E-state index in [1.807, 2.05) is 41.5 Å². The molecule has 22 N–H and O–H groups in total. The molecule has 3 heterocycles. The number of esters is 1. The minimum absolute atomic E-state index is 0.0185. The van der Waals surface area contributed by atoms with Gasteiger partial charge in [0.25, 0.3) is 0 Å². The van der Waals surface area contributed by atoms with E-state index in [0.717, 1.165) is 64.5 Å². The first-order valence-corrected chi connectivity index (χ1v) is 27.2. The Morgan fingerprint density at radius 1 is 0.518 bits per heavy atom. The number of rotatable bonds is 22. The number of ether oxygens (including phenoxy) is 1. The number of carboxylic acids is 9. The lowest BCUT2D eigenvalue weighted by molar-refractivity contribution is -0.163. The van der Waals surface area contributed by atoms with Gasteiger partial charge in [0.15, 0.2) is 6.10 Å². The smallest absolute Gasteiger partial charge is 0.344 e. The van der Waals surface area contributed by atoms with Gasteiger partial charge < -0.3 is 100 Å². The number of likely N-dealkylation sites (N-methyl/N-ethyl adjacent to an activating group) is 2. The zero-order chi connectivity index (χ0) is 65.7. The molecule has 9 atom stereocenters. The van der Waals surface area contributed by atoms with E-state index in [9.17, 15) is 57.5 Å². The second-order valence-corrected chi connectivity index (χ2v) is 20.6. The average molecular weight is 1200 g/mol. The maximum Gasteiger partial charge on any atom is 0.344 e. The van der Waals surface area contributed by atoms with Crippen molar-refractivity contribution in [2.45, 2.75) is 206 Å². The van der Waals surface area contributed by atoms with Crippen LogP contribution in [-0.4, -0.2) is 199 Å². The molecule has 1 unspecified atom stereocenters. The fraction of sp³-hybridized carbons (Fsp3) is 0.769. The highest BCUT2D eigenvalue weighted by atomic mass is 16.6. The predicted octanol–water partition coefficient (Wildman–Crippen LogP) is 0.125. The number of carbonyl (C=O) groups excluding carboxylic acids is 3. The molecule has 31 heteroatoms. The first kappa shape index (κ1) is 85.2. The van der Waals surface area contributed by atoms with Crippen LogP contribution in [0.15, 0.2) is 0 Å². The Balaban J connectivity index is -0.000000277. The first-order valence-electron chi connectivity index (χ1n) is 27.2. The van der Waals surface area contributed by atoms with Gasteiger partial charge in [0.1, 0.15) is 48.3 Å². The normalized spacial score (nSPS) is 18.6. The first-order chi connectivity index (χ1) is 38.3. The molecule has 0 spiro atoms. The molecule has 4 aliphatic rings. The number of nitrogens with one attached hydrogen (secondary N) is 5. The van der Waals surface area contributed by atoms with E-state index in [0.29, 0.717) is 49.9 Å². The summed E-state index contributed by atoms with van der Waals surface area (Å²) in [5.74, 6) is -8.07. The van der Waals surface area contributed by atoms with Crippen LogP contribution in [0.5, 0.6) is 0 Å². The number of carboxylic acid groups (broad SMARTS) is 9. The van der Waals surface area contributed by atoms with E-state index in [2.05, 4.69) is 31.3 Å². The number of nitrogens with two attached hydrogens (primary N) is 4. The zero-order valence-corrected chi connectivity index (χ0v) is 49.7. The summed E-state index contributed by atoms with van der Waals surface area (Å²) >= 11 is 0. The Kier molecular flexibility index (Phi) is 51.2. The van der Waals surface area contributed by atoms with Gasteiger partial charge in [-0.25, -0.2) is 9.59 Å².